The van der Waals surface area contributed by atoms with Crippen LogP contribution < -0.4 is 0 Å². The van der Waals surface area contributed by atoms with Gasteiger partial charge in [-0.05, 0) is 36.2 Å². The predicted octanol–water partition coefficient (Wildman–Crippen LogP) is 3.89. The van der Waals surface area contributed by atoms with Crippen LogP contribution >= 0.6 is 0 Å². The Morgan fingerprint density at radius 1 is 0.895 bits per heavy atom. The molecule has 0 amide bonds. The molecule has 2 rings (SSSR count). The van der Waals surface area contributed by atoms with E-state index < -0.39 is 0 Å². The van der Waals surface area contributed by atoms with Gasteiger partial charge < -0.3 is 0 Å². The van der Waals surface area contributed by atoms with Crippen molar-refractivity contribution in [3.8, 4) is 0 Å². The molecule has 1 nitrogen and oxygen atoms in total. The molecule has 0 radical (unpaired) electrons. The van der Waals surface area contributed by atoms with E-state index in [0.29, 0.717) is 0 Å². The molecule has 2 heteroatoms. The van der Waals surface area contributed by atoms with Gasteiger partial charge in [-0.15, -0.1) is 0 Å². The topological polar surface area (TPSA) is 3.24 Å². The van der Waals surface area contributed by atoms with Crippen molar-refractivity contribution in [1.82, 2.24) is 4.90 Å². The van der Waals surface area contributed by atoms with Gasteiger partial charge in [0.15, 0.2) is 0 Å². The number of hydrogen-bond acceptors (Lipinski definition) is 1. The lowest BCUT2D eigenvalue weighted by atomic mass is 10.1. The maximum Gasteiger partial charge on any atom is 0.123 e. The molecule has 0 atom stereocenters. The lowest BCUT2D eigenvalue weighted by molar-refractivity contribution is 0.283. The Bertz CT molecular complexity index is 478. The van der Waals surface area contributed by atoms with E-state index in [0.717, 1.165) is 31.6 Å². The zero-order chi connectivity index (χ0) is 13.5. The zero-order valence-corrected chi connectivity index (χ0v) is 11.3. The normalized spacial score (nSPS) is 10.9. The quantitative estimate of drug-likeness (QED) is 0.759. The minimum atomic E-state index is -0.170. The van der Waals surface area contributed by atoms with Crippen molar-refractivity contribution in [2.24, 2.45) is 0 Å². The fraction of sp³-hybridized carbons (Fsp3) is 0.294. The van der Waals surface area contributed by atoms with E-state index in [1.165, 1.54) is 17.7 Å². The Morgan fingerprint density at radius 2 is 1.58 bits per heavy atom. The first-order valence-corrected chi connectivity index (χ1v) is 6.78. The number of hydrogen-bond donors (Lipinski definition) is 0. The molecule has 0 saturated carbocycles. The highest BCUT2D eigenvalue weighted by molar-refractivity contribution is 5.17. The molecule has 0 heterocycles. The van der Waals surface area contributed by atoms with Crippen molar-refractivity contribution >= 4 is 0 Å². The first-order chi connectivity index (χ1) is 9.28. The van der Waals surface area contributed by atoms with Crippen LogP contribution in [0.2, 0.25) is 0 Å². The molecule has 0 aliphatic carbocycles. The van der Waals surface area contributed by atoms with Gasteiger partial charge in [-0.1, -0.05) is 49.4 Å². The lowest BCUT2D eigenvalue weighted by Gasteiger charge is -2.20. The first kappa shape index (κ1) is 13.8. The van der Waals surface area contributed by atoms with Gasteiger partial charge in [0, 0.05) is 13.1 Å². The molecule has 0 aromatic heterocycles. The van der Waals surface area contributed by atoms with Gasteiger partial charge in [-0.25, -0.2) is 4.39 Å². The van der Waals surface area contributed by atoms with Crippen LogP contribution in [0.5, 0.6) is 0 Å². The third-order valence-corrected chi connectivity index (χ3v) is 3.33. The van der Waals surface area contributed by atoms with Gasteiger partial charge >= 0.3 is 0 Å². The lowest BCUT2D eigenvalue weighted by Crippen LogP contribution is -2.25. The van der Waals surface area contributed by atoms with Crippen LogP contribution in [0.15, 0.2) is 54.6 Å². The third-order valence-electron chi connectivity index (χ3n) is 3.33. The summed E-state index contributed by atoms with van der Waals surface area (Å²) in [5, 5.41) is 0. The summed E-state index contributed by atoms with van der Waals surface area (Å²) in [6.45, 7) is 5.07. The van der Waals surface area contributed by atoms with Crippen molar-refractivity contribution in [2.75, 3.05) is 13.1 Å². The second-order valence-corrected chi connectivity index (χ2v) is 4.73. The van der Waals surface area contributed by atoms with Crippen molar-refractivity contribution in [3.05, 3.63) is 71.5 Å². The number of likely N-dealkylation sites (N-methyl/N-ethyl adjacent to an activating group) is 1. The number of halogens is 1. The standard InChI is InChI=1S/C17H20FN/c1-2-19(13-12-15-6-4-3-5-7-15)14-16-8-10-17(18)11-9-16/h3-11H,2,12-14H2,1H3. The van der Waals surface area contributed by atoms with E-state index in [1.807, 2.05) is 18.2 Å². The Balaban J connectivity index is 1.88. The van der Waals surface area contributed by atoms with Crippen LogP contribution in [0, 0.1) is 5.82 Å². The Labute approximate surface area is 114 Å². The average Bonchev–Trinajstić information content (AvgIpc) is 2.46. The second kappa shape index (κ2) is 7.05. The highest BCUT2D eigenvalue weighted by atomic mass is 19.1. The monoisotopic (exact) mass is 257 g/mol. The molecule has 19 heavy (non-hydrogen) atoms. The summed E-state index contributed by atoms with van der Waals surface area (Å²) >= 11 is 0. The van der Waals surface area contributed by atoms with E-state index in [9.17, 15) is 4.39 Å². The van der Waals surface area contributed by atoms with E-state index in [1.54, 1.807) is 0 Å². The van der Waals surface area contributed by atoms with Crippen LogP contribution in [-0.2, 0) is 13.0 Å². The SMILES string of the molecule is CCN(CCc1ccccc1)Cc1ccc(F)cc1. The fourth-order valence-corrected chi connectivity index (χ4v) is 2.13. The van der Waals surface area contributed by atoms with Gasteiger partial charge in [0.05, 0.1) is 0 Å². The Hall–Kier alpha value is -1.67. The largest absolute Gasteiger partial charge is 0.299 e. The van der Waals surface area contributed by atoms with Gasteiger partial charge in [-0.3, -0.25) is 4.90 Å². The molecule has 2 aromatic rings. The third kappa shape index (κ3) is 4.49. The molecule has 2 aromatic carbocycles. The van der Waals surface area contributed by atoms with Crippen molar-refractivity contribution in [3.63, 3.8) is 0 Å². The van der Waals surface area contributed by atoms with E-state index in [2.05, 4.69) is 36.1 Å². The second-order valence-electron chi connectivity index (χ2n) is 4.73. The summed E-state index contributed by atoms with van der Waals surface area (Å²) < 4.78 is 12.9. The maximum absolute atomic E-state index is 12.9. The zero-order valence-electron chi connectivity index (χ0n) is 11.3. The van der Waals surface area contributed by atoms with Crippen LogP contribution in [0.25, 0.3) is 0 Å². The van der Waals surface area contributed by atoms with Gasteiger partial charge in [-0.2, -0.15) is 0 Å². The number of rotatable bonds is 6. The minimum absolute atomic E-state index is 0.170. The van der Waals surface area contributed by atoms with E-state index in [-0.39, 0.29) is 5.82 Å². The van der Waals surface area contributed by atoms with Crippen LogP contribution in [0.4, 0.5) is 4.39 Å². The molecule has 0 aliphatic heterocycles. The summed E-state index contributed by atoms with van der Waals surface area (Å²) in [7, 11) is 0. The first-order valence-electron chi connectivity index (χ1n) is 6.78. The molecule has 0 fully saturated rings. The summed E-state index contributed by atoms with van der Waals surface area (Å²) in [4.78, 5) is 2.38. The molecular weight excluding hydrogens is 237 g/mol. The molecule has 0 unspecified atom stereocenters. The highest BCUT2D eigenvalue weighted by Gasteiger charge is 2.04. The van der Waals surface area contributed by atoms with Crippen molar-refractivity contribution < 1.29 is 4.39 Å². The van der Waals surface area contributed by atoms with Crippen LogP contribution in [0.1, 0.15) is 18.1 Å². The fourth-order valence-electron chi connectivity index (χ4n) is 2.13. The van der Waals surface area contributed by atoms with Gasteiger partial charge in [0.2, 0.25) is 0 Å². The summed E-state index contributed by atoms with van der Waals surface area (Å²) in [6, 6.07) is 17.3. The Kier molecular flexibility index (Phi) is 5.10. The molecular formula is C17H20FN. The number of benzene rings is 2. The summed E-state index contributed by atoms with van der Waals surface area (Å²) in [6.07, 6.45) is 1.05. The summed E-state index contributed by atoms with van der Waals surface area (Å²) in [5.41, 5.74) is 2.52. The van der Waals surface area contributed by atoms with Crippen LogP contribution in [-0.4, -0.2) is 18.0 Å². The molecule has 0 spiro atoms. The average molecular weight is 257 g/mol. The highest BCUT2D eigenvalue weighted by Crippen LogP contribution is 2.08. The predicted molar refractivity (Wildman–Crippen MR) is 77.5 cm³/mol. The molecule has 0 bridgehead atoms. The summed E-state index contributed by atoms with van der Waals surface area (Å²) in [5.74, 6) is -0.170. The van der Waals surface area contributed by atoms with Crippen LogP contribution in [0.3, 0.4) is 0 Å². The van der Waals surface area contributed by atoms with Gasteiger partial charge in [0.25, 0.3) is 0 Å². The van der Waals surface area contributed by atoms with Crippen molar-refractivity contribution in [2.45, 2.75) is 19.9 Å². The van der Waals surface area contributed by atoms with Crippen molar-refractivity contribution in [1.29, 1.82) is 0 Å². The Morgan fingerprint density at radius 3 is 2.21 bits per heavy atom. The molecule has 0 saturated heterocycles. The minimum Gasteiger partial charge on any atom is -0.299 e. The molecule has 0 N–H and O–H groups in total. The van der Waals surface area contributed by atoms with Gasteiger partial charge in [0.1, 0.15) is 5.82 Å². The molecule has 0 aliphatic rings. The van der Waals surface area contributed by atoms with E-state index >= 15 is 0 Å². The molecule has 100 valence electrons. The maximum atomic E-state index is 12.9. The smallest absolute Gasteiger partial charge is 0.123 e. The number of nitrogens with zero attached hydrogens (tertiary/aromatic N) is 1. The van der Waals surface area contributed by atoms with E-state index in [4.69, 9.17) is 0 Å².